The van der Waals surface area contributed by atoms with Crippen LogP contribution in [0.15, 0.2) is 18.2 Å². The van der Waals surface area contributed by atoms with E-state index in [-0.39, 0.29) is 5.56 Å². The number of carboxylic acid groups (broad SMARTS) is 1. The number of aryl methyl sites for hydroxylation is 1. The zero-order valence-electron chi connectivity index (χ0n) is 8.94. The predicted molar refractivity (Wildman–Crippen MR) is 63.5 cm³/mol. The van der Waals surface area contributed by atoms with E-state index in [4.69, 9.17) is 17.3 Å². The number of benzene rings is 1. The molecule has 0 aliphatic carbocycles. The zero-order valence-corrected chi connectivity index (χ0v) is 9.76. The van der Waals surface area contributed by atoms with Crippen molar-refractivity contribution in [1.29, 1.82) is 0 Å². The highest BCUT2D eigenvalue weighted by Gasteiger charge is 2.16. The van der Waals surface area contributed by atoms with Crippen molar-refractivity contribution >= 4 is 23.2 Å². The van der Waals surface area contributed by atoms with Crippen LogP contribution in [0.2, 0.25) is 0 Å². The van der Waals surface area contributed by atoms with Crippen molar-refractivity contribution in [3.8, 4) is 0 Å². The van der Waals surface area contributed by atoms with Gasteiger partial charge in [0.1, 0.15) is 4.99 Å². The average molecular weight is 223 g/mol. The maximum Gasteiger partial charge on any atom is 0.336 e. The zero-order chi connectivity index (χ0) is 11.6. The van der Waals surface area contributed by atoms with Crippen molar-refractivity contribution in [2.24, 2.45) is 0 Å². The number of aromatic carboxylic acids is 1. The maximum absolute atomic E-state index is 11.0. The van der Waals surface area contributed by atoms with Crippen molar-refractivity contribution in [2.75, 3.05) is 14.1 Å². The Kier molecular flexibility index (Phi) is 3.42. The lowest BCUT2D eigenvalue weighted by Gasteiger charge is -2.17. The molecule has 0 fully saturated rings. The molecule has 1 aromatic carbocycles. The van der Waals surface area contributed by atoms with Gasteiger partial charge >= 0.3 is 5.97 Å². The number of thiocarbonyl (C=S) groups is 1. The number of rotatable bonds is 2. The molecule has 0 saturated heterocycles. The number of carbonyl (C=O) groups is 1. The van der Waals surface area contributed by atoms with Gasteiger partial charge in [-0.25, -0.2) is 4.79 Å². The van der Waals surface area contributed by atoms with E-state index in [2.05, 4.69) is 0 Å². The van der Waals surface area contributed by atoms with Gasteiger partial charge in [0.05, 0.1) is 5.56 Å². The van der Waals surface area contributed by atoms with E-state index >= 15 is 0 Å². The van der Waals surface area contributed by atoms with Gasteiger partial charge < -0.3 is 10.0 Å². The molecule has 0 saturated carbocycles. The summed E-state index contributed by atoms with van der Waals surface area (Å²) in [7, 11) is 3.61. The fraction of sp³-hybridized carbons (Fsp3) is 0.273. The van der Waals surface area contributed by atoms with Gasteiger partial charge in [0.25, 0.3) is 0 Å². The molecule has 0 aliphatic heterocycles. The normalized spacial score (nSPS) is 9.80. The molecule has 1 N–H and O–H groups in total. The maximum atomic E-state index is 11.0. The molecule has 4 heteroatoms. The molecule has 80 valence electrons. The molecule has 0 radical (unpaired) electrons. The van der Waals surface area contributed by atoms with Gasteiger partial charge in [-0.15, -0.1) is 0 Å². The average Bonchev–Trinajstić information content (AvgIpc) is 2.16. The molecule has 0 amide bonds. The van der Waals surface area contributed by atoms with Gasteiger partial charge in [-0.3, -0.25) is 0 Å². The first-order valence-corrected chi connectivity index (χ1v) is 4.90. The van der Waals surface area contributed by atoms with E-state index in [1.807, 2.05) is 13.0 Å². The second kappa shape index (κ2) is 4.40. The van der Waals surface area contributed by atoms with E-state index in [0.717, 1.165) is 5.56 Å². The molecule has 0 unspecified atom stereocenters. The third kappa shape index (κ3) is 2.33. The number of nitrogens with zero attached hydrogens (tertiary/aromatic N) is 1. The number of hydrogen-bond acceptors (Lipinski definition) is 2. The Morgan fingerprint density at radius 3 is 2.47 bits per heavy atom. The SMILES string of the molecule is Cc1cccc(C(=O)O)c1C(=S)N(C)C. The van der Waals surface area contributed by atoms with Gasteiger partial charge in [0.15, 0.2) is 0 Å². The first kappa shape index (κ1) is 11.7. The summed E-state index contributed by atoms with van der Waals surface area (Å²) in [6.45, 7) is 1.86. The Balaban J connectivity index is 3.37. The van der Waals surface area contributed by atoms with Crippen molar-refractivity contribution in [3.63, 3.8) is 0 Å². The number of hydrogen-bond donors (Lipinski definition) is 1. The summed E-state index contributed by atoms with van der Waals surface area (Å²) in [6.07, 6.45) is 0. The van der Waals surface area contributed by atoms with Gasteiger partial charge in [-0.2, -0.15) is 0 Å². The fourth-order valence-corrected chi connectivity index (χ4v) is 1.62. The highest BCUT2D eigenvalue weighted by Crippen LogP contribution is 2.16. The van der Waals surface area contributed by atoms with Gasteiger partial charge in [0.2, 0.25) is 0 Å². The first-order chi connectivity index (χ1) is 6.95. The van der Waals surface area contributed by atoms with Crippen LogP contribution in [0, 0.1) is 6.92 Å². The molecule has 15 heavy (non-hydrogen) atoms. The summed E-state index contributed by atoms with van der Waals surface area (Å²) >= 11 is 5.20. The van der Waals surface area contributed by atoms with Crippen LogP contribution in [0.5, 0.6) is 0 Å². The van der Waals surface area contributed by atoms with E-state index in [9.17, 15) is 4.79 Å². The van der Waals surface area contributed by atoms with Crippen molar-refractivity contribution in [1.82, 2.24) is 4.90 Å². The molecule has 1 aromatic rings. The van der Waals surface area contributed by atoms with Crippen LogP contribution in [-0.4, -0.2) is 35.1 Å². The standard InChI is InChI=1S/C11H13NO2S/c1-7-5-4-6-8(11(13)14)9(7)10(15)12(2)3/h4-6H,1-3H3,(H,13,14). The summed E-state index contributed by atoms with van der Waals surface area (Å²) in [5, 5.41) is 9.04. The van der Waals surface area contributed by atoms with Crippen LogP contribution in [0.25, 0.3) is 0 Å². The first-order valence-electron chi connectivity index (χ1n) is 4.49. The molecule has 3 nitrogen and oxygen atoms in total. The highest BCUT2D eigenvalue weighted by atomic mass is 32.1. The molecule has 0 aromatic heterocycles. The summed E-state index contributed by atoms with van der Waals surface area (Å²) in [5.74, 6) is -0.946. The molecule has 0 bridgehead atoms. The lowest BCUT2D eigenvalue weighted by Crippen LogP contribution is -2.24. The molecular weight excluding hydrogens is 210 g/mol. The van der Waals surface area contributed by atoms with Gasteiger partial charge in [-0.1, -0.05) is 24.4 Å². The third-order valence-corrected chi connectivity index (χ3v) is 2.69. The Hall–Kier alpha value is -1.42. The highest BCUT2D eigenvalue weighted by molar-refractivity contribution is 7.80. The lowest BCUT2D eigenvalue weighted by molar-refractivity contribution is 0.0696. The van der Waals surface area contributed by atoms with E-state index < -0.39 is 5.97 Å². The minimum Gasteiger partial charge on any atom is -0.478 e. The summed E-state index contributed by atoms with van der Waals surface area (Å²) in [4.78, 5) is 13.3. The minimum atomic E-state index is -0.946. The Morgan fingerprint density at radius 2 is 2.00 bits per heavy atom. The van der Waals surface area contributed by atoms with Crippen LogP contribution >= 0.6 is 12.2 Å². The Bertz CT molecular complexity index is 413. The smallest absolute Gasteiger partial charge is 0.336 e. The van der Waals surface area contributed by atoms with Gasteiger partial charge in [0, 0.05) is 19.7 Å². The monoisotopic (exact) mass is 223 g/mol. The molecule has 0 aliphatic rings. The molecular formula is C11H13NO2S. The van der Waals surface area contributed by atoms with Crippen LogP contribution in [0.1, 0.15) is 21.5 Å². The van der Waals surface area contributed by atoms with Crippen LogP contribution in [0.4, 0.5) is 0 Å². The molecule has 0 spiro atoms. The largest absolute Gasteiger partial charge is 0.478 e. The van der Waals surface area contributed by atoms with E-state index in [1.165, 1.54) is 0 Å². The molecule has 0 heterocycles. The molecule has 1 rings (SSSR count). The number of carboxylic acids is 1. The summed E-state index contributed by atoms with van der Waals surface area (Å²) < 4.78 is 0. The summed E-state index contributed by atoms with van der Waals surface area (Å²) in [5.41, 5.74) is 1.77. The van der Waals surface area contributed by atoms with Gasteiger partial charge in [-0.05, 0) is 18.6 Å². The van der Waals surface area contributed by atoms with Crippen LogP contribution in [0.3, 0.4) is 0 Å². The summed E-state index contributed by atoms with van der Waals surface area (Å²) in [6, 6.07) is 5.15. The lowest BCUT2D eigenvalue weighted by atomic mass is 10.0. The second-order valence-electron chi connectivity index (χ2n) is 3.50. The van der Waals surface area contributed by atoms with Crippen molar-refractivity contribution in [2.45, 2.75) is 6.92 Å². The fourth-order valence-electron chi connectivity index (χ4n) is 1.35. The van der Waals surface area contributed by atoms with Crippen molar-refractivity contribution < 1.29 is 9.90 Å². The van der Waals surface area contributed by atoms with E-state index in [0.29, 0.717) is 10.6 Å². The van der Waals surface area contributed by atoms with Crippen LogP contribution < -0.4 is 0 Å². The third-order valence-electron chi connectivity index (χ3n) is 2.12. The van der Waals surface area contributed by atoms with E-state index in [1.54, 1.807) is 31.1 Å². The van der Waals surface area contributed by atoms with Crippen molar-refractivity contribution in [3.05, 3.63) is 34.9 Å². The Labute approximate surface area is 94.3 Å². The quantitative estimate of drug-likeness (QED) is 0.778. The van der Waals surface area contributed by atoms with Crippen LogP contribution in [-0.2, 0) is 0 Å². The second-order valence-corrected chi connectivity index (χ2v) is 3.89. The topological polar surface area (TPSA) is 40.5 Å². The predicted octanol–water partition coefficient (Wildman–Crippen LogP) is 1.93. The molecule has 0 atom stereocenters. The minimum absolute atomic E-state index is 0.258. The Morgan fingerprint density at radius 1 is 1.40 bits per heavy atom.